The minimum Gasteiger partial charge on any atom is -0.493 e. The van der Waals surface area contributed by atoms with Gasteiger partial charge in [0.05, 0.1) is 22.2 Å². The maximum Gasteiger partial charge on any atom is 0.270 e. The number of amides is 1. The van der Waals surface area contributed by atoms with Gasteiger partial charge in [-0.2, -0.15) is 0 Å². The average molecular weight is 531 g/mol. The Kier molecular flexibility index (Phi) is 6.88. The molecule has 0 spiro atoms. The quantitative estimate of drug-likeness (QED) is 0.288. The van der Waals surface area contributed by atoms with Crippen LogP contribution in [0.1, 0.15) is 11.1 Å². The van der Waals surface area contributed by atoms with Crippen molar-refractivity contribution in [1.29, 1.82) is 0 Å². The number of benzene rings is 2. The third-order valence-electron chi connectivity index (χ3n) is 4.57. The Bertz CT molecular complexity index is 1220. The largest absolute Gasteiger partial charge is 0.493 e. The van der Waals surface area contributed by atoms with Crippen LogP contribution in [0.3, 0.4) is 0 Å². The lowest BCUT2D eigenvalue weighted by atomic mass is 10.1. The molecule has 1 aliphatic rings. The van der Waals surface area contributed by atoms with Crippen LogP contribution in [-0.4, -0.2) is 22.3 Å². The minimum atomic E-state index is -0.509. The number of anilines is 1. The monoisotopic (exact) mass is 530 g/mol. The van der Waals surface area contributed by atoms with Gasteiger partial charge in [0.2, 0.25) is 0 Å². The molecule has 1 fully saturated rings. The SMILES string of the molecule is COc1cc(/C=C2/SC(=S)N(c3ccccc3F)C2=O)cc(Br)c1OCc1ccncc1. The van der Waals surface area contributed by atoms with Crippen LogP contribution in [0.15, 0.2) is 70.3 Å². The van der Waals surface area contributed by atoms with Crippen molar-refractivity contribution < 1.29 is 18.7 Å². The number of aromatic nitrogens is 1. The van der Waals surface area contributed by atoms with Gasteiger partial charge >= 0.3 is 0 Å². The molecule has 9 heteroatoms. The lowest BCUT2D eigenvalue weighted by molar-refractivity contribution is -0.113. The number of thiocarbonyl (C=S) groups is 1. The Labute approximate surface area is 202 Å². The summed E-state index contributed by atoms with van der Waals surface area (Å²) in [5.74, 6) is 0.160. The molecule has 5 nitrogen and oxygen atoms in total. The first kappa shape index (κ1) is 22.4. The standard InChI is InChI=1S/C23H16BrFN2O3S2/c1-29-19-11-15(10-16(24)21(19)30-13-14-6-8-26-9-7-14)12-20-22(28)27(23(31)32-20)18-5-3-2-4-17(18)25/h2-12H,13H2,1H3/b20-12+. The summed E-state index contributed by atoms with van der Waals surface area (Å²) in [6, 6.07) is 13.4. The van der Waals surface area contributed by atoms with Crippen molar-refractivity contribution in [2.75, 3.05) is 12.0 Å². The molecule has 0 radical (unpaired) electrons. The van der Waals surface area contributed by atoms with Gasteiger partial charge in [0, 0.05) is 12.4 Å². The van der Waals surface area contributed by atoms with E-state index in [0.717, 1.165) is 17.3 Å². The zero-order chi connectivity index (χ0) is 22.7. The second-order valence-electron chi connectivity index (χ2n) is 6.65. The van der Waals surface area contributed by atoms with Gasteiger partial charge in [0.15, 0.2) is 15.8 Å². The summed E-state index contributed by atoms with van der Waals surface area (Å²) < 4.78 is 26.6. The summed E-state index contributed by atoms with van der Waals surface area (Å²) in [6.07, 6.45) is 5.09. The minimum absolute atomic E-state index is 0.136. The van der Waals surface area contributed by atoms with Crippen molar-refractivity contribution in [2.24, 2.45) is 0 Å². The number of hydrogen-bond donors (Lipinski definition) is 0. The fourth-order valence-corrected chi connectivity index (χ4v) is 4.92. The zero-order valence-electron chi connectivity index (χ0n) is 16.7. The van der Waals surface area contributed by atoms with Crippen LogP contribution in [0.25, 0.3) is 6.08 Å². The van der Waals surface area contributed by atoms with E-state index < -0.39 is 5.82 Å². The van der Waals surface area contributed by atoms with Gasteiger partial charge in [-0.3, -0.25) is 14.7 Å². The number of hydrogen-bond acceptors (Lipinski definition) is 6. The number of halogens is 2. The highest BCUT2D eigenvalue weighted by atomic mass is 79.9. The normalized spacial score (nSPS) is 14.8. The second kappa shape index (κ2) is 9.81. The van der Waals surface area contributed by atoms with Crippen LogP contribution in [0.2, 0.25) is 0 Å². The van der Waals surface area contributed by atoms with Crippen LogP contribution in [0, 0.1) is 5.82 Å². The summed E-state index contributed by atoms with van der Waals surface area (Å²) in [5, 5.41) is 0. The summed E-state index contributed by atoms with van der Waals surface area (Å²) in [4.78, 5) is 18.5. The Morgan fingerprint density at radius 1 is 1.22 bits per heavy atom. The molecule has 1 amide bonds. The number of ether oxygens (including phenoxy) is 2. The first-order valence-electron chi connectivity index (χ1n) is 9.39. The summed E-state index contributed by atoms with van der Waals surface area (Å²) in [5.41, 5.74) is 1.81. The summed E-state index contributed by atoms with van der Waals surface area (Å²) in [6.45, 7) is 0.345. The van der Waals surface area contributed by atoms with E-state index in [1.165, 1.54) is 17.0 Å². The topological polar surface area (TPSA) is 51.7 Å². The number of rotatable bonds is 6. The molecule has 0 N–H and O–H groups in total. The molecule has 0 aliphatic carbocycles. The van der Waals surface area contributed by atoms with Crippen LogP contribution in [0.4, 0.5) is 10.1 Å². The van der Waals surface area contributed by atoms with Crippen molar-refractivity contribution in [3.05, 3.63) is 87.2 Å². The maximum absolute atomic E-state index is 14.2. The van der Waals surface area contributed by atoms with E-state index in [9.17, 15) is 9.18 Å². The predicted octanol–water partition coefficient (Wildman–Crippen LogP) is 5.98. The van der Waals surface area contributed by atoms with Gasteiger partial charge in [-0.25, -0.2) is 4.39 Å². The van der Waals surface area contributed by atoms with Gasteiger partial charge in [0.25, 0.3) is 5.91 Å². The van der Waals surface area contributed by atoms with E-state index in [0.29, 0.717) is 33.0 Å². The highest BCUT2D eigenvalue weighted by Gasteiger charge is 2.34. The molecular formula is C23H16BrFN2O3S2. The Balaban J connectivity index is 1.60. The molecule has 0 atom stereocenters. The van der Waals surface area contributed by atoms with Gasteiger partial charge in [0.1, 0.15) is 12.4 Å². The lowest BCUT2D eigenvalue weighted by Gasteiger charge is -2.15. The Morgan fingerprint density at radius 2 is 1.97 bits per heavy atom. The highest BCUT2D eigenvalue weighted by Crippen LogP contribution is 2.40. The maximum atomic E-state index is 14.2. The average Bonchev–Trinajstić information content (AvgIpc) is 3.06. The fraction of sp³-hybridized carbons (Fsp3) is 0.0870. The Morgan fingerprint density at radius 3 is 2.69 bits per heavy atom. The van der Waals surface area contributed by atoms with Gasteiger partial charge in [-0.1, -0.05) is 36.1 Å². The second-order valence-corrected chi connectivity index (χ2v) is 9.18. The van der Waals surface area contributed by atoms with Crippen molar-refractivity contribution in [3.8, 4) is 11.5 Å². The Hall–Kier alpha value is -2.75. The molecular weight excluding hydrogens is 515 g/mol. The van der Waals surface area contributed by atoms with Crippen LogP contribution in [0.5, 0.6) is 11.5 Å². The van der Waals surface area contributed by atoms with Gasteiger partial charge in [-0.15, -0.1) is 0 Å². The summed E-state index contributed by atoms with van der Waals surface area (Å²) >= 11 is 9.97. The van der Waals surface area contributed by atoms with Crippen molar-refractivity contribution in [3.63, 3.8) is 0 Å². The molecule has 4 rings (SSSR count). The van der Waals surface area contributed by atoms with Gasteiger partial charge in [-0.05, 0) is 69.5 Å². The molecule has 0 bridgehead atoms. The number of carbonyl (C=O) groups excluding carboxylic acids is 1. The zero-order valence-corrected chi connectivity index (χ0v) is 20.0. The smallest absolute Gasteiger partial charge is 0.270 e. The predicted molar refractivity (Wildman–Crippen MR) is 131 cm³/mol. The van der Waals surface area contributed by atoms with E-state index in [1.807, 2.05) is 18.2 Å². The molecule has 1 aromatic heterocycles. The number of nitrogens with zero attached hydrogens (tertiary/aromatic N) is 2. The molecule has 3 aromatic rings. The third kappa shape index (κ3) is 4.69. The fourth-order valence-electron chi connectivity index (χ4n) is 3.06. The number of pyridine rings is 1. The lowest BCUT2D eigenvalue weighted by Crippen LogP contribution is -2.28. The number of carbonyl (C=O) groups is 1. The van der Waals surface area contributed by atoms with E-state index in [-0.39, 0.29) is 15.9 Å². The first-order valence-corrected chi connectivity index (χ1v) is 11.4. The van der Waals surface area contributed by atoms with Crippen LogP contribution >= 0.6 is 39.9 Å². The van der Waals surface area contributed by atoms with Gasteiger partial charge < -0.3 is 9.47 Å². The van der Waals surface area contributed by atoms with E-state index >= 15 is 0 Å². The van der Waals surface area contributed by atoms with Crippen LogP contribution < -0.4 is 14.4 Å². The molecule has 1 saturated heterocycles. The third-order valence-corrected chi connectivity index (χ3v) is 6.46. The highest BCUT2D eigenvalue weighted by molar-refractivity contribution is 9.10. The number of methoxy groups -OCH3 is 1. The summed E-state index contributed by atoms with van der Waals surface area (Å²) in [7, 11) is 1.54. The van der Waals surface area contributed by atoms with Crippen molar-refractivity contribution in [1.82, 2.24) is 4.98 Å². The number of para-hydroxylation sites is 1. The van der Waals surface area contributed by atoms with Crippen molar-refractivity contribution in [2.45, 2.75) is 6.61 Å². The molecule has 32 heavy (non-hydrogen) atoms. The molecule has 0 unspecified atom stereocenters. The van der Waals surface area contributed by atoms with Crippen molar-refractivity contribution >= 4 is 61.9 Å². The van der Waals surface area contributed by atoms with E-state index in [2.05, 4.69) is 20.9 Å². The van der Waals surface area contributed by atoms with E-state index in [4.69, 9.17) is 21.7 Å². The molecule has 0 saturated carbocycles. The van der Waals surface area contributed by atoms with Crippen LogP contribution in [-0.2, 0) is 11.4 Å². The first-order chi connectivity index (χ1) is 15.5. The molecule has 2 aromatic carbocycles. The number of thioether (sulfide) groups is 1. The van der Waals surface area contributed by atoms with E-state index in [1.54, 1.807) is 43.8 Å². The molecule has 2 heterocycles. The molecule has 162 valence electrons. The molecule has 1 aliphatic heterocycles.